The van der Waals surface area contributed by atoms with Gasteiger partial charge in [0.05, 0.1) is 17.8 Å². The maximum Gasteiger partial charge on any atom is 0.496 e. The topological polar surface area (TPSA) is 22.8 Å². The highest BCUT2D eigenvalue weighted by Crippen LogP contribution is 2.37. The third-order valence-corrected chi connectivity index (χ3v) is 3.99. The number of halogens is 1. The lowest BCUT2D eigenvalue weighted by Gasteiger charge is -2.32. The van der Waals surface area contributed by atoms with Crippen molar-refractivity contribution in [1.82, 2.24) is 0 Å². The second-order valence-corrected chi connectivity index (χ2v) is 5.83. The molecule has 19 heavy (non-hydrogen) atoms. The van der Waals surface area contributed by atoms with E-state index in [0.717, 1.165) is 5.56 Å². The van der Waals surface area contributed by atoms with Crippen molar-refractivity contribution < 1.29 is 13.7 Å². The first-order valence-corrected chi connectivity index (χ1v) is 6.22. The fourth-order valence-corrected chi connectivity index (χ4v) is 2.01. The van der Waals surface area contributed by atoms with Crippen LogP contribution < -0.4 is 5.46 Å². The Morgan fingerprint density at radius 1 is 1.16 bits per heavy atom. The van der Waals surface area contributed by atoms with Gasteiger partial charge in [-0.15, -0.1) is 0 Å². The maximum atomic E-state index is 14.3. The number of benzene rings is 1. The number of hydrogen-bond donors (Lipinski definition) is 0. The summed E-state index contributed by atoms with van der Waals surface area (Å²) >= 11 is 0. The van der Waals surface area contributed by atoms with E-state index in [4.69, 9.17) is 15.9 Å². The van der Waals surface area contributed by atoms with Crippen molar-refractivity contribution in [3.05, 3.63) is 34.9 Å². The minimum atomic E-state index is -0.772. The van der Waals surface area contributed by atoms with Gasteiger partial charge in [-0.05, 0) is 34.6 Å². The second-order valence-electron chi connectivity index (χ2n) is 5.83. The van der Waals surface area contributed by atoms with Gasteiger partial charge in [0.1, 0.15) is 5.82 Å². The van der Waals surface area contributed by atoms with Gasteiger partial charge < -0.3 is 9.31 Å². The van der Waals surface area contributed by atoms with Crippen LogP contribution in [0.3, 0.4) is 0 Å². The van der Waals surface area contributed by atoms with Gasteiger partial charge in [-0.1, -0.05) is 17.7 Å². The summed E-state index contributed by atoms with van der Waals surface area (Å²) in [6.07, 6.45) is 0. The van der Waals surface area contributed by atoms with Crippen molar-refractivity contribution in [2.45, 2.75) is 45.8 Å². The molecule has 0 bridgehead atoms. The van der Waals surface area contributed by atoms with E-state index in [0.29, 0.717) is 5.46 Å². The van der Waals surface area contributed by atoms with Crippen molar-refractivity contribution in [2.24, 2.45) is 0 Å². The van der Waals surface area contributed by atoms with Gasteiger partial charge in [-0.25, -0.2) is 9.24 Å². The van der Waals surface area contributed by atoms with Crippen LogP contribution >= 0.6 is 0 Å². The first-order chi connectivity index (χ1) is 8.69. The zero-order valence-corrected chi connectivity index (χ0v) is 11.9. The molecule has 5 heteroatoms. The number of nitrogens with zero attached hydrogens (tertiary/aromatic N) is 1. The molecule has 1 aliphatic rings. The van der Waals surface area contributed by atoms with Crippen molar-refractivity contribution in [3.63, 3.8) is 0 Å². The van der Waals surface area contributed by atoms with E-state index in [1.54, 1.807) is 13.0 Å². The summed E-state index contributed by atoms with van der Waals surface area (Å²) in [6.45, 7) is 16.4. The van der Waals surface area contributed by atoms with Gasteiger partial charge in [0.15, 0.2) is 0 Å². The smallest absolute Gasteiger partial charge is 0.399 e. The zero-order chi connectivity index (χ0) is 14.4. The van der Waals surface area contributed by atoms with Crippen molar-refractivity contribution in [3.8, 4) is 0 Å². The molecule has 1 fully saturated rings. The van der Waals surface area contributed by atoms with Crippen LogP contribution in [0.25, 0.3) is 4.85 Å². The van der Waals surface area contributed by atoms with E-state index < -0.39 is 24.1 Å². The highest BCUT2D eigenvalue weighted by molar-refractivity contribution is 6.62. The minimum absolute atomic E-state index is 0.00434. The molecule has 1 heterocycles. The first kappa shape index (κ1) is 14.0. The van der Waals surface area contributed by atoms with Crippen LogP contribution in [0.2, 0.25) is 0 Å². The summed E-state index contributed by atoms with van der Waals surface area (Å²) < 4.78 is 26.0. The summed E-state index contributed by atoms with van der Waals surface area (Å²) in [6, 6.07) is 3.20. The van der Waals surface area contributed by atoms with Crippen LogP contribution in [0, 0.1) is 19.3 Å². The van der Waals surface area contributed by atoms with E-state index in [1.165, 1.54) is 6.07 Å². The first-order valence-electron chi connectivity index (χ1n) is 6.22. The van der Waals surface area contributed by atoms with Crippen molar-refractivity contribution >= 4 is 18.3 Å². The number of rotatable bonds is 1. The zero-order valence-electron chi connectivity index (χ0n) is 11.9. The molecule has 0 N–H and O–H groups in total. The molecule has 2 rings (SSSR count). The lowest BCUT2D eigenvalue weighted by atomic mass is 9.75. The van der Waals surface area contributed by atoms with Gasteiger partial charge in [0.25, 0.3) is 0 Å². The molecule has 0 radical (unpaired) electrons. The second kappa shape index (κ2) is 4.33. The molecule has 3 nitrogen and oxygen atoms in total. The molecule has 1 aliphatic heterocycles. The minimum Gasteiger partial charge on any atom is -0.399 e. The summed E-state index contributed by atoms with van der Waals surface area (Å²) in [4.78, 5) is 3.18. The Balaban J connectivity index is 2.49. The normalized spacial score (nSPS) is 20.4. The third-order valence-electron chi connectivity index (χ3n) is 3.99. The fraction of sp³-hybridized carbons (Fsp3) is 0.500. The van der Waals surface area contributed by atoms with Crippen LogP contribution in [0.4, 0.5) is 10.1 Å². The third kappa shape index (κ3) is 2.15. The standard InChI is InChI=1S/C14H17BFNO2/c1-9-7-8-10(17-6)12(16)11(9)15-18-13(2,3)14(4,5)19-15/h7-8H,1-5H3. The molecule has 1 aromatic carbocycles. The molecule has 0 aromatic heterocycles. The lowest BCUT2D eigenvalue weighted by Crippen LogP contribution is -2.41. The van der Waals surface area contributed by atoms with E-state index >= 15 is 0 Å². The molecule has 1 saturated heterocycles. The Hall–Kier alpha value is -1.38. The Morgan fingerprint density at radius 3 is 2.16 bits per heavy atom. The van der Waals surface area contributed by atoms with Crippen LogP contribution in [0.5, 0.6) is 0 Å². The summed E-state index contributed by atoms with van der Waals surface area (Å²) in [5.74, 6) is -0.548. The molecular formula is C14H17BFNO2. The Bertz CT molecular complexity index is 547. The molecular weight excluding hydrogens is 244 g/mol. The molecule has 0 spiro atoms. The highest BCUT2D eigenvalue weighted by atomic mass is 19.1. The lowest BCUT2D eigenvalue weighted by molar-refractivity contribution is 0.00578. The van der Waals surface area contributed by atoms with Crippen molar-refractivity contribution in [2.75, 3.05) is 0 Å². The van der Waals surface area contributed by atoms with E-state index in [1.807, 2.05) is 27.7 Å². The van der Waals surface area contributed by atoms with Gasteiger partial charge in [0, 0.05) is 5.46 Å². The largest absolute Gasteiger partial charge is 0.496 e. The van der Waals surface area contributed by atoms with Crippen LogP contribution in [-0.4, -0.2) is 18.3 Å². The average Bonchev–Trinajstić information content (AvgIpc) is 2.48. The average molecular weight is 261 g/mol. The number of aryl methyl sites for hydroxylation is 1. The predicted octanol–water partition coefficient (Wildman–Crippen LogP) is 2.98. The molecule has 0 amide bonds. The maximum absolute atomic E-state index is 14.3. The molecule has 0 aliphatic carbocycles. The molecule has 0 saturated carbocycles. The molecule has 0 atom stereocenters. The van der Waals surface area contributed by atoms with E-state index in [9.17, 15) is 4.39 Å². The molecule has 0 unspecified atom stereocenters. The Morgan fingerprint density at radius 2 is 1.68 bits per heavy atom. The summed E-state index contributed by atoms with van der Waals surface area (Å²) in [7, 11) is -0.772. The Labute approximate surface area is 113 Å². The monoisotopic (exact) mass is 261 g/mol. The Kier molecular flexibility index (Phi) is 3.20. The van der Waals surface area contributed by atoms with Gasteiger partial charge >= 0.3 is 7.12 Å². The van der Waals surface area contributed by atoms with Gasteiger partial charge in [0.2, 0.25) is 5.69 Å². The molecule has 1 aromatic rings. The number of hydrogen-bond acceptors (Lipinski definition) is 2. The summed E-state index contributed by atoms with van der Waals surface area (Å²) in [5.41, 5.74) is 0.000783. The van der Waals surface area contributed by atoms with E-state index in [-0.39, 0.29) is 5.69 Å². The molecule has 100 valence electrons. The van der Waals surface area contributed by atoms with Crippen LogP contribution in [0.15, 0.2) is 12.1 Å². The van der Waals surface area contributed by atoms with Gasteiger partial charge in [-0.2, -0.15) is 0 Å². The SMILES string of the molecule is [C-]#[N+]c1ccc(C)c(B2OC(C)(C)C(C)(C)O2)c1F. The van der Waals surface area contributed by atoms with Crippen molar-refractivity contribution in [1.29, 1.82) is 0 Å². The van der Waals surface area contributed by atoms with Crippen LogP contribution in [0.1, 0.15) is 33.3 Å². The predicted molar refractivity (Wildman–Crippen MR) is 73.1 cm³/mol. The summed E-state index contributed by atoms with van der Waals surface area (Å²) in [5, 5.41) is 0. The fourth-order valence-electron chi connectivity index (χ4n) is 2.01. The highest BCUT2D eigenvalue weighted by Gasteiger charge is 2.52. The van der Waals surface area contributed by atoms with Gasteiger partial charge in [-0.3, -0.25) is 0 Å². The quantitative estimate of drug-likeness (QED) is 0.573. The van der Waals surface area contributed by atoms with E-state index in [2.05, 4.69) is 4.85 Å². The van der Waals surface area contributed by atoms with Crippen LogP contribution in [-0.2, 0) is 9.31 Å².